The second kappa shape index (κ2) is 9.75. The highest BCUT2D eigenvalue weighted by Crippen LogP contribution is 2.46. The third-order valence-electron chi connectivity index (χ3n) is 7.50. The Morgan fingerprint density at radius 3 is 2.56 bits per heavy atom. The summed E-state index contributed by atoms with van der Waals surface area (Å²) in [6.07, 6.45) is 16.8. The van der Waals surface area contributed by atoms with Crippen molar-refractivity contribution in [2.75, 3.05) is 20.1 Å². The molecule has 0 aromatic carbocycles. The summed E-state index contributed by atoms with van der Waals surface area (Å²) >= 11 is 0. The van der Waals surface area contributed by atoms with Gasteiger partial charge in [0.15, 0.2) is 0 Å². The number of hydrogen-bond acceptors (Lipinski definition) is 4. The number of rotatable bonds is 2. The lowest BCUT2D eigenvalue weighted by Gasteiger charge is -2.36. The van der Waals surface area contributed by atoms with Gasteiger partial charge >= 0.3 is 0 Å². The number of amides is 1. The molecule has 4 aliphatic rings. The van der Waals surface area contributed by atoms with Crippen LogP contribution in [0.5, 0.6) is 0 Å². The van der Waals surface area contributed by atoms with Crippen molar-refractivity contribution in [3.8, 4) is 0 Å². The summed E-state index contributed by atoms with van der Waals surface area (Å²) in [5.74, 6) is 1.81. The van der Waals surface area contributed by atoms with Gasteiger partial charge < -0.3 is 9.80 Å². The fourth-order valence-corrected chi connectivity index (χ4v) is 6.32. The molecule has 5 heterocycles. The first-order chi connectivity index (χ1) is 16.4. The lowest BCUT2D eigenvalue weighted by atomic mass is 9.79. The SMILES string of the molecule is CC1CCN(C)CC1.Cc1cn2nc(C3=CC(=O)N4C=C(C5CCC5)C=CC4P3)cc2c(C)n1. The number of hydrogen-bond donors (Lipinski definition) is 0. The number of piperidine rings is 1. The van der Waals surface area contributed by atoms with Crippen LogP contribution in [0.4, 0.5) is 0 Å². The zero-order valence-electron chi connectivity index (χ0n) is 20.8. The van der Waals surface area contributed by atoms with E-state index in [0.29, 0.717) is 14.5 Å². The highest BCUT2D eigenvalue weighted by atomic mass is 31.1. The van der Waals surface area contributed by atoms with Gasteiger partial charge in [0, 0.05) is 17.6 Å². The first-order valence-corrected chi connectivity index (χ1v) is 13.7. The summed E-state index contributed by atoms with van der Waals surface area (Å²) in [7, 11) is 2.71. The Hall–Kier alpha value is -2.30. The smallest absolute Gasteiger partial charge is 0.252 e. The molecule has 2 atom stereocenters. The summed E-state index contributed by atoms with van der Waals surface area (Å²) in [5.41, 5.74) is 5.09. The predicted molar refractivity (Wildman–Crippen MR) is 140 cm³/mol. The molecule has 0 radical (unpaired) electrons. The van der Waals surface area contributed by atoms with Gasteiger partial charge in [-0.1, -0.05) is 34.1 Å². The van der Waals surface area contributed by atoms with Crippen LogP contribution in [0.1, 0.15) is 56.1 Å². The minimum absolute atomic E-state index is 0.0630. The van der Waals surface area contributed by atoms with E-state index < -0.39 is 0 Å². The van der Waals surface area contributed by atoms with E-state index in [-0.39, 0.29) is 11.7 Å². The standard InChI is InChI=1S/C20H21N4OP.C7H15N/c1-12-10-24-17(13(2)21-12)8-16(22-24)18-9-19(25)23-11-15(14-4-3-5-14)6-7-20(23)26-18;1-7-3-5-8(2)6-4-7/h6-11,14,20,26H,3-5H2,1-2H3;7H,3-6H2,1-2H3. The Morgan fingerprint density at radius 2 is 1.88 bits per heavy atom. The molecule has 1 saturated heterocycles. The second-order valence-corrected chi connectivity index (χ2v) is 11.7. The molecule has 0 N–H and O–H groups in total. The molecule has 1 saturated carbocycles. The second-order valence-electron chi connectivity index (χ2n) is 10.3. The molecule has 0 bridgehead atoms. The van der Waals surface area contributed by atoms with E-state index in [1.54, 1.807) is 6.08 Å². The van der Waals surface area contributed by atoms with Crippen LogP contribution in [0.15, 0.2) is 42.3 Å². The van der Waals surface area contributed by atoms with E-state index in [2.05, 4.69) is 42.2 Å². The molecule has 2 aromatic heterocycles. The van der Waals surface area contributed by atoms with Gasteiger partial charge in [-0.2, -0.15) is 5.10 Å². The molecule has 1 amide bonds. The molecule has 6 rings (SSSR count). The zero-order chi connectivity index (χ0) is 23.8. The molecule has 3 aliphatic heterocycles. The molecular formula is C27H36N5OP. The van der Waals surface area contributed by atoms with Gasteiger partial charge in [-0.3, -0.25) is 9.78 Å². The van der Waals surface area contributed by atoms with Gasteiger partial charge in [0.1, 0.15) is 0 Å². The number of fused-ring (bicyclic) bond motifs is 2. The number of likely N-dealkylation sites (tertiary alicyclic amines) is 1. The number of allylic oxidation sites excluding steroid dienone is 2. The number of carbonyl (C=O) groups excluding carboxylic acids is 1. The van der Waals surface area contributed by atoms with Crippen molar-refractivity contribution in [2.24, 2.45) is 11.8 Å². The number of nitrogens with zero attached hydrogens (tertiary/aromatic N) is 5. The number of aromatic nitrogens is 3. The van der Waals surface area contributed by atoms with Crippen LogP contribution in [0.25, 0.3) is 10.8 Å². The van der Waals surface area contributed by atoms with Crippen molar-refractivity contribution in [2.45, 2.75) is 58.7 Å². The highest BCUT2D eigenvalue weighted by Gasteiger charge is 2.31. The van der Waals surface area contributed by atoms with Crippen LogP contribution in [0, 0.1) is 25.7 Å². The minimum Gasteiger partial charge on any atom is -0.306 e. The fraction of sp³-hybridized carbons (Fsp3) is 0.519. The summed E-state index contributed by atoms with van der Waals surface area (Å²) in [6, 6.07) is 2.05. The average Bonchev–Trinajstić information content (AvgIpc) is 3.20. The van der Waals surface area contributed by atoms with Gasteiger partial charge in [0.25, 0.3) is 5.91 Å². The van der Waals surface area contributed by atoms with Crippen molar-refractivity contribution in [1.29, 1.82) is 0 Å². The largest absolute Gasteiger partial charge is 0.306 e. The first kappa shape index (κ1) is 23.4. The quantitative estimate of drug-likeness (QED) is 0.563. The third kappa shape index (κ3) is 4.89. The van der Waals surface area contributed by atoms with Crippen molar-refractivity contribution in [3.05, 3.63) is 59.3 Å². The van der Waals surface area contributed by atoms with Crippen LogP contribution < -0.4 is 0 Å². The van der Waals surface area contributed by atoms with Gasteiger partial charge in [0.05, 0.1) is 34.6 Å². The predicted octanol–water partition coefficient (Wildman–Crippen LogP) is 5.14. The van der Waals surface area contributed by atoms with Gasteiger partial charge in [0.2, 0.25) is 0 Å². The summed E-state index contributed by atoms with van der Waals surface area (Å²) in [5, 5.41) is 5.73. The van der Waals surface area contributed by atoms with Crippen LogP contribution >= 0.6 is 8.58 Å². The Morgan fingerprint density at radius 1 is 1.12 bits per heavy atom. The molecular weight excluding hydrogens is 441 g/mol. The lowest BCUT2D eigenvalue weighted by molar-refractivity contribution is -0.123. The van der Waals surface area contributed by atoms with Gasteiger partial charge in [-0.15, -0.1) is 0 Å². The Labute approximate surface area is 204 Å². The average molecular weight is 478 g/mol. The molecule has 180 valence electrons. The van der Waals surface area contributed by atoms with Gasteiger partial charge in [-0.05, 0) is 83.1 Å². The molecule has 34 heavy (non-hydrogen) atoms. The van der Waals surface area contributed by atoms with E-state index in [0.717, 1.165) is 33.8 Å². The lowest BCUT2D eigenvalue weighted by Crippen LogP contribution is -2.36. The molecule has 1 aliphatic carbocycles. The highest BCUT2D eigenvalue weighted by molar-refractivity contribution is 7.51. The Kier molecular flexibility index (Phi) is 6.72. The van der Waals surface area contributed by atoms with Crippen LogP contribution in [-0.2, 0) is 4.79 Å². The first-order valence-electron chi connectivity index (χ1n) is 12.6. The van der Waals surface area contributed by atoms with Crippen molar-refractivity contribution < 1.29 is 4.79 Å². The summed E-state index contributed by atoms with van der Waals surface area (Å²) in [4.78, 5) is 21.6. The maximum atomic E-state index is 12.8. The zero-order valence-corrected chi connectivity index (χ0v) is 21.8. The third-order valence-corrected chi connectivity index (χ3v) is 8.98. The van der Waals surface area contributed by atoms with Gasteiger partial charge in [-0.25, -0.2) is 4.52 Å². The Balaban J connectivity index is 0.000000257. The summed E-state index contributed by atoms with van der Waals surface area (Å²) in [6.45, 7) is 8.92. The monoisotopic (exact) mass is 477 g/mol. The Bertz CT molecular complexity index is 1160. The number of carbonyl (C=O) groups is 1. The molecule has 2 fully saturated rings. The van der Waals surface area contributed by atoms with Crippen LogP contribution in [-0.4, -0.2) is 56.2 Å². The maximum Gasteiger partial charge on any atom is 0.252 e. The topological polar surface area (TPSA) is 53.7 Å². The van der Waals surface area contributed by atoms with Crippen molar-refractivity contribution in [3.63, 3.8) is 0 Å². The van der Waals surface area contributed by atoms with Crippen LogP contribution in [0.2, 0.25) is 0 Å². The normalized spacial score (nSPS) is 24.4. The molecule has 7 heteroatoms. The van der Waals surface area contributed by atoms with E-state index in [1.165, 1.54) is 50.8 Å². The van der Waals surface area contributed by atoms with Crippen molar-refractivity contribution >= 4 is 25.3 Å². The van der Waals surface area contributed by atoms with E-state index in [1.807, 2.05) is 35.5 Å². The van der Waals surface area contributed by atoms with E-state index in [4.69, 9.17) is 5.10 Å². The van der Waals surface area contributed by atoms with Crippen LogP contribution in [0.3, 0.4) is 0 Å². The fourth-order valence-electron chi connectivity index (χ4n) is 4.99. The maximum absolute atomic E-state index is 12.8. The number of aryl methyl sites for hydroxylation is 2. The molecule has 2 aromatic rings. The molecule has 0 spiro atoms. The van der Waals surface area contributed by atoms with E-state index in [9.17, 15) is 4.79 Å². The van der Waals surface area contributed by atoms with E-state index >= 15 is 0 Å². The summed E-state index contributed by atoms with van der Waals surface area (Å²) < 4.78 is 1.88. The minimum atomic E-state index is 0.0630. The molecule has 2 unspecified atom stereocenters. The molecule has 6 nitrogen and oxygen atoms in total. The van der Waals surface area contributed by atoms with Crippen molar-refractivity contribution in [1.82, 2.24) is 24.4 Å².